The predicted octanol–water partition coefficient (Wildman–Crippen LogP) is 2.54. The summed E-state index contributed by atoms with van der Waals surface area (Å²) in [6.07, 6.45) is 0. The Morgan fingerprint density at radius 1 is 1.47 bits per heavy atom. The molecule has 2 N–H and O–H groups in total. The van der Waals surface area contributed by atoms with E-state index in [1.807, 2.05) is 29.6 Å². The zero-order chi connectivity index (χ0) is 10.7. The summed E-state index contributed by atoms with van der Waals surface area (Å²) in [5.41, 5.74) is 6.05. The Morgan fingerprint density at radius 2 is 2.33 bits per heavy atom. The minimum Gasteiger partial charge on any atom is -0.462 e. The first-order chi connectivity index (χ1) is 7.31. The number of hydrogen-bond donors (Lipinski definition) is 1. The maximum absolute atomic E-state index is 6.05. The van der Waals surface area contributed by atoms with Crippen LogP contribution in [-0.2, 0) is 11.3 Å². The molecule has 0 saturated carbocycles. The molecule has 0 aliphatic rings. The highest BCUT2D eigenvalue weighted by Gasteiger charge is 2.13. The Morgan fingerprint density at radius 3 is 3.00 bits per heavy atom. The molecule has 0 spiro atoms. The smallest absolute Gasteiger partial charge is 0.129 e. The van der Waals surface area contributed by atoms with Gasteiger partial charge in [0.1, 0.15) is 18.1 Å². The Labute approximate surface area is 92.5 Å². The van der Waals surface area contributed by atoms with Gasteiger partial charge in [-0.2, -0.15) is 0 Å². The Bertz CT molecular complexity index is 408. The summed E-state index contributed by atoms with van der Waals surface area (Å²) >= 11 is 1.63. The van der Waals surface area contributed by atoms with Crippen molar-refractivity contribution in [3.8, 4) is 0 Å². The minimum atomic E-state index is -0.171. The second-order valence-corrected chi connectivity index (χ2v) is 4.21. The zero-order valence-corrected chi connectivity index (χ0v) is 9.29. The summed E-state index contributed by atoms with van der Waals surface area (Å²) in [5.74, 6) is 1.59. The van der Waals surface area contributed by atoms with Crippen molar-refractivity contribution in [2.45, 2.75) is 12.6 Å². The number of furan rings is 1. The molecular formula is C11H13NO2S. The fourth-order valence-electron chi connectivity index (χ4n) is 1.39. The van der Waals surface area contributed by atoms with Crippen LogP contribution >= 0.6 is 11.3 Å². The molecule has 3 nitrogen and oxygen atoms in total. The number of hydrogen-bond acceptors (Lipinski definition) is 4. The summed E-state index contributed by atoms with van der Waals surface area (Å²) in [6, 6.07) is 7.62. The maximum atomic E-state index is 6.05. The molecule has 0 saturated heterocycles. The van der Waals surface area contributed by atoms with E-state index in [2.05, 4.69) is 0 Å². The maximum Gasteiger partial charge on any atom is 0.129 e. The third kappa shape index (κ3) is 2.28. The summed E-state index contributed by atoms with van der Waals surface area (Å²) in [7, 11) is 1.64. The van der Waals surface area contributed by atoms with Crippen LogP contribution in [0.3, 0.4) is 0 Å². The van der Waals surface area contributed by atoms with Crippen LogP contribution in [0.4, 0.5) is 0 Å². The summed E-state index contributed by atoms with van der Waals surface area (Å²) in [5, 5.41) is 2.01. The van der Waals surface area contributed by atoms with Crippen molar-refractivity contribution < 1.29 is 9.15 Å². The molecule has 0 bridgehead atoms. The average Bonchev–Trinajstić information content (AvgIpc) is 2.87. The molecule has 2 rings (SSSR count). The standard InChI is InChI=1S/C11H13NO2S/c1-13-7-8-4-5-9(14-8)11(12)10-3-2-6-15-10/h2-6,11H,7,12H2,1H3. The molecular weight excluding hydrogens is 210 g/mol. The van der Waals surface area contributed by atoms with Gasteiger partial charge in [-0.1, -0.05) is 6.07 Å². The lowest BCUT2D eigenvalue weighted by atomic mass is 10.2. The lowest BCUT2D eigenvalue weighted by Crippen LogP contribution is -2.08. The molecule has 2 aromatic heterocycles. The Balaban J connectivity index is 2.15. The van der Waals surface area contributed by atoms with E-state index in [0.717, 1.165) is 16.4 Å². The minimum absolute atomic E-state index is 0.171. The second-order valence-electron chi connectivity index (χ2n) is 3.23. The van der Waals surface area contributed by atoms with Gasteiger partial charge in [0, 0.05) is 12.0 Å². The average molecular weight is 223 g/mol. The van der Waals surface area contributed by atoms with Gasteiger partial charge in [-0.15, -0.1) is 11.3 Å². The highest BCUT2D eigenvalue weighted by molar-refractivity contribution is 7.10. The normalized spacial score (nSPS) is 12.9. The highest BCUT2D eigenvalue weighted by atomic mass is 32.1. The van der Waals surface area contributed by atoms with Crippen molar-refractivity contribution in [2.75, 3.05) is 7.11 Å². The van der Waals surface area contributed by atoms with E-state index >= 15 is 0 Å². The number of thiophene rings is 1. The summed E-state index contributed by atoms with van der Waals surface area (Å²) in [6.45, 7) is 0.483. The van der Waals surface area contributed by atoms with Crippen LogP contribution in [0.5, 0.6) is 0 Å². The van der Waals surface area contributed by atoms with Crippen LogP contribution in [-0.4, -0.2) is 7.11 Å². The van der Waals surface area contributed by atoms with E-state index in [0.29, 0.717) is 6.61 Å². The molecule has 15 heavy (non-hydrogen) atoms. The van der Waals surface area contributed by atoms with E-state index in [4.69, 9.17) is 14.9 Å². The predicted molar refractivity (Wildman–Crippen MR) is 59.8 cm³/mol. The molecule has 1 atom stereocenters. The van der Waals surface area contributed by atoms with Gasteiger partial charge in [-0.3, -0.25) is 0 Å². The first kappa shape index (κ1) is 10.4. The summed E-state index contributed by atoms with van der Waals surface area (Å²) in [4.78, 5) is 1.10. The Kier molecular flexibility index (Phi) is 3.20. The quantitative estimate of drug-likeness (QED) is 0.866. The van der Waals surface area contributed by atoms with Gasteiger partial charge >= 0.3 is 0 Å². The molecule has 80 valence electrons. The molecule has 0 aromatic carbocycles. The van der Waals surface area contributed by atoms with Gasteiger partial charge in [-0.25, -0.2) is 0 Å². The molecule has 0 fully saturated rings. The fraction of sp³-hybridized carbons (Fsp3) is 0.273. The molecule has 4 heteroatoms. The van der Waals surface area contributed by atoms with Crippen LogP contribution in [0.2, 0.25) is 0 Å². The van der Waals surface area contributed by atoms with Gasteiger partial charge in [0.05, 0.1) is 6.04 Å². The first-order valence-corrected chi connectivity index (χ1v) is 5.55. The first-order valence-electron chi connectivity index (χ1n) is 4.68. The fourth-order valence-corrected chi connectivity index (χ4v) is 2.12. The van der Waals surface area contributed by atoms with Crippen LogP contribution in [0.25, 0.3) is 0 Å². The van der Waals surface area contributed by atoms with Crippen LogP contribution in [0.1, 0.15) is 22.4 Å². The van der Waals surface area contributed by atoms with Crippen molar-refractivity contribution in [1.29, 1.82) is 0 Å². The van der Waals surface area contributed by atoms with Crippen LogP contribution < -0.4 is 5.73 Å². The van der Waals surface area contributed by atoms with Gasteiger partial charge in [0.15, 0.2) is 0 Å². The summed E-state index contributed by atoms with van der Waals surface area (Å²) < 4.78 is 10.5. The molecule has 1 unspecified atom stereocenters. The van der Waals surface area contributed by atoms with E-state index in [1.165, 1.54) is 0 Å². The molecule has 0 aliphatic heterocycles. The highest BCUT2D eigenvalue weighted by Crippen LogP contribution is 2.25. The molecule has 2 heterocycles. The van der Waals surface area contributed by atoms with Crippen molar-refractivity contribution >= 4 is 11.3 Å². The number of nitrogens with two attached hydrogens (primary N) is 1. The topological polar surface area (TPSA) is 48.4 Å². The van der Waals surface area contributed by atoms with Gasteiger partial charge in [0.25, 0.3) is 0 Å². The van der Waals surface area contributed by atoms with Crippen molar-refractivity contribution in [3.05, 3.63) is 46.0 Å². The zero-order valence-electron chi connectivity index (χ0n) is 8.47. The third-order valence-electron chi connectivity index (χ3n) is 2.13. The van der Waals surface area contributed by atoms with Crippen LogP contribution in [0, 0.1) is 0 Å². The number of ether oxygens (including phenoxy) is 1. The van der Waals surface area contributed by atoms with E-state index in [9.17, 15) is 0 Å². The van der Waals surface area contributed by atoms with E-state index in [1.54, 1.807) is 18.4 Å². The molecule has 0 aliphatic carbocycles. The number of rotatable bonds is 4. The van der Waals surface area contributed by atoms with Crippen molar-refractivity contribution in [3.63, 3.8) is 0 Å². The lowest BCUT2D eigenvalue weighted by molar-refractivity contribution is 0.162. The SMILES string of the molecule is COCc1ccc(C(N)c2cccs2)o1. The molecule has 0 radical (unpaired) electrons. The van der Waals surface area contributed by atoms with E-state index < -0.39 is 0 Å². The van der Waals surface area contributed by atoms with Gasteiger partial charge in [0.2, 0.25) is 0 Å². The monoisotopic (exact) mass is 223 g/mol. The molecule has 2 aromatic rings. The third-order valence-corrected chi connectivity index (χ3v) is 3.08. The number of methoxy groups -OCH3 is 1. The Hall–Kier alpha value is -1.10. The van der Waals surface area contributed by atoms with Gasteiger partial charge < -0.3 is 14.9 Å². The van der Waals surface area contributed by atoms with Crippen molar-refractivity contribution in [1.82, 2.24) is 0 Å². The van der Waals surface area contributed by atoms with E-state index in [-0.39, 0.29) is 6.04 Å². The van der Waals surface area contributed by atoms with Crippen LogP contribution in [0.15, 0.2) is 34.1 Å². The largest absolute Gasteiger partial charge is 0.462 e. The van der Waals surface area contributed by atoms with Gasteiger partial charge in [-0.05, 0) is 23.6 Å². The second kappa shape index (κ2) is 4.61. The van der Waals surface area contributed by atoms with Crippen molar-refractivity contribution in [2.24, 2.45) is 5.73 Å². The lowest BCUT2D eigenvalue weighted by Gasteiger charge is -2.05. The molecule has 0 amide bonds.